The molecule has 2 atom stereocenters. The molecule has 0 spiro atoms. The summed E-state index contributed by atoms with van der Waals surface area (Å²) in [6.45, 7) is 7.54. The number of likely N-dealkylation sites (tertiary alicyclic amines) is 1. The van der Waals surface area contributed by atoms with Gasteiger partial charge >= 0.3 is 0 Å². The number of aromatic nitrogens is 2. The number of rotatable bonds is 1. The predicted molar refractivity (Wildman–Crippen MR) is 78.9 cm³/mol. The zero-order chi connectivity index (χ0) is 14.3. The summed E-state index contributed by atoms with van der Waals surface area (Å²) in [5.74, 6) is 1.81. The molecule has 3 heterocycles. The second kappa shape index (κ2) is 5.39. The van der Waals surface area contributed by atoms with E-state index in [4.69, 9.17) is 4.74 Å². The van der Waals surface area contributed by atoms with Gasteiger partial charge in [0.2, 0.25) is 5.88 Å². The van der Waals surface area contributed by atoms with Crippen molar-refractivity contribution in [2.45, 2.75) is 33.2 Å². The Hall–Kier alpha value is -1.04. The normalized spacial score (nSPS) is 26.1. The molecule has 0 aromatic carbocycles. The Bertz CT molecular complexity index is 519. The van der Waals surface area contributed by atoms with Crippen molar-refractivity contribution in [3.05, 3.63) is 10.2 Å². The molecular weight excluding hydrogens is 322 g/mol. The van der Waals surface area contributed by atoms with Crippen LogP contribution in [0, 0.1) is 11.8 Å². The molecule has 0 aliphatic carbocycles. The minimum atomic E-state index is 0.0146. The standard InChI is InChI=1S/C14H20BrN3O2/c1-9-6-10(2)8-17(7-9)13(19)12-11(15)14-18(16-12)4-3-5-20-14/h9-10H,3-8H2,1-2H3. The number of hydrogen-bond donors (Lipinski definition) is 0. The van der Waals surface area contributed by atoms with Gasteiger partial charge in [-0.05, 0) is 34.2 Å². The van der Waals surface area contributed by atoms with Gasteiger partial charge in [-0.15, -0.1) is 0 Å². The van der Waals surface area contributed by atoms with Crippen LogP contribution in [-0.2, 0) is 6.54 Å². The second-order valence-corrected chi connectivity index (χ2v) is 6.84. The number of fused-ring (bicyclic) bond motifs is 1. The first-order valence-corrected chi connectivity index (χ1v) is 8.04. The highest BCUT2D eigenvalue weighted by molar-refractivity contribution is 9.10. The van der Waals surface area contributed by atoms with Crippen molar-refractivity contribution in [2.24, 2.45) is 11.8 Å². The van der Waals surface area contributed by atoms with Gasteiger partial charge < -0.3 is 9.64 Å². The third kappa shape index (κ3) is 2.45. The first-order valence-electron chi connectivity index (χ1n) is 7.24. The van der Waals surface area contributed by atoms with Crippen LogP contribution < -0.4 is 4.74 Å². The molecule has 2 unspecified atom stereocenters. The van der Waals surface area contributed by atoms with E-state index in [0.29, 0.717) is 34.5 Å². The summed E-state index contributed by atoms with van der Waals surface area (Å²) in [6.07, 6.45) is 2.13. The van der Waals surface area contributed by atoms with Crippen LogP contribution in [0.1, 0.15) is 37.2 Å². The lowest BCUT2D eigenvalue weighted by molar-refractivity contribution is 0.0615. The Morgan fingerprint density at radius 3 is 2.70 bits per heavy atom. The van der Waals surface area contributed by atoms with Crippen LogP contribution in [0.5, 0.6) is 5.88 Å². The summed E-state index contributed by atoms with van der Waals surface area (Å²) >= 11 is 3.48. The fraction of sp³-hybridized carbons (Fsp3) is 0.714. The molecule has 1 aromatic heterocycles. The molecule has 110 valence electrons. The molecule has 6 heteroatoms. The van der Waals surface area contributed by atoms with E-state index in [-0.39, 0.29) is 5.91 Å². The second-order valence-electron chi connectivity index (χ2n) is 6.05. The van der Waals surface area contributed by atoms with Gasteiger partial charge in [-0.1, -0.05) is 13.8 Å². The molecule has 5 nitrogen and oxygen atoms in total. The lowest BCUT2D eigenvalue weighted by atomic mass is 9.92. The fourth-order valence-electron chi connectivity index (χ4n) is 3.21. The van der Waals surface area contributed by atoms with Gasteiger partial charge in [-0.25, -0.2) is 4.68 Å². The Morgan fingerprint density at radius 2 is 2.05 bits per heavy atom. The van der Waals surface area contributed by atoms with Crippen molar-refractivity contribution in [1.82, 2.24) is 14.7 Å². The molecule has 2 aliphatic heterocycles. The Balaban J connectivity index is 1.85. The number of halogens is 1. The smallest absolute Gasteiger partial charge is 0.275 e. The number of carbonyl (C=O) groups excluding carboxylic acids is 1. The zero-order valence-corrected chi connectivity index (χ0v) is 13.5. The van der Waals surface area contributed by atoms with E-state index in [0.717, 1.165) is 26.1 Å². The van der Waals surface area contributed by atoms with Crippen LogP contribution in [0.2, 0.25) is 0 Å². The molecule has 0 bridgehead atoms. The Kier molecular flexibility index (Phi) is 3.75. The van der Waals surface area contributed by atoms with Crippen molar-refractivity contribution in [1.29, 1.82) is 0 Å². The molecule has 3 rings (SSSR count). The van der Waals surface area contributed by atoms with Gasteiger partial charge in [0.15, 0.2) is 5.69 Å². The maximum atomic E-state index is 12.7. The highest BCUT2D eigenvalue weighted by Gasteiger charge is 2.31. The van der Waals surface area contributed by atoms with Gasteiger partial charge in [0.1, 0.15) is 4.47 Å². The van der Waals surface area contributed by atoms with E-state index >= 15 is 0 Å². The maximum Gasteiger partial charge on any atom is 0.275 e. The molecule has 20 heavy (non-hydrogen) atoms. The van der Waals surface area contributed by atoms with E-state index in [9.17, 15) is 4.79 Å². The van der Waals surface area contributed by atoms with Crippen LogP contribution >= 0.6 is 15.9 Å². The van der Waals surface area contributed by atoms with E-state index in [1.54, 1.807) is 4.68 Å². The summed E-state index contributed by atoms with van der Waals surface area (Å²) in [4.78, 5) is 14.6. The van der Waals surface area contributed by atoms with Gasteiger partial charge in [0, 0.05) is 26.1 Å². The summed E-state index contributed by atoms with van der Waals surface area (Å²) in [5, 5.41) is 4.43. The number of ether oxygens (including phenoxy) is 1. The topological polar surface area (TPSA) is 47.4 Å². The predicted octanol–water partition coefficient (Wildman–Crippen LogP) is 2.55. The summed E-state index contributed by atoms with van der Waals surface area (Å²) in [7, 11) is 0. The third-order valence-corrected chi connectivity index (χ3v) is 4.68. The summed E-state index contributed by atoms with van der Waals surface area (Å²) < 4.78 is 8.09. The zero-order valence-electron chi connectivity index (χ0n) is 11.9. The fourth-order valence-corrected chi connectivity index (χ4v) is 3.78. The Morgan fingerprint density at radius 1 is 1.35 bits per heavy atom. The number of carbonyl (C=O) groups is 1. The van der Waals surface area contributed by atoms with Crippen LogP contribution in [0.3, 0.4) is 0 Å². The highest BCUT2D eigenvalue weighted by atomic mass is 79.9. The number of piperidine rings is 1. The Labute approximate surface area is 127 Å². The van der Waals surface area contributed by atoms with Crippen molar-refractivity contribution in [3.8, 4) is 5.88 Å². The number of nitrogens with zero attached hydrogens (tertiary/aromatic N) is 3. The summed E-state index contributed by atoms with van der Waals surface area (Å²) in [6, 6.07) is 0. The average Bonchev–Trinajstić information content (AvgIpc) is 2.75. The minimum Gasteiger partial charge on any atom is -0.477 e. The number of aryl methyl sites for hydroxylation is 1. The lowest BCUT2D eigenvalue weighted by Crippen LogP contribution is -2.42. The highest BCUT2D eigenvalue weighted by Crippen LogP contribution is 2.33. The van der Waals surface area contributed by atoms with Crippen molar-refractivity contribution < 1.29 is 9.53 Å². The molecule has 1 fully saturated rings. The van der Waals surface area contributed by atoms with Gasteiger partial charge in [0.25, 0.3) is 5.91 Å². The van der Waals surface area contributed by atoms with Gasteiger partial charge in [-0.3, -0.25) is 4.79 Å². The van der Waals surface area contributed by atoms with Gasteiger partial charge in [0.05, 0.1) is 6.61 Å². The minimum absolute atomic E-state index is 0.0146. The number of hydrogen-bond acceptors (Lipinski definition) is 3. The van der Waals surface area contributed by atoms with E-state index in [1.807, 2.05) is 4.90 Å². The quantitative estimate of drug-likeness (QED) is 0.788. The van der Waals surface area contributed by atoms with Crippen molar-refractivity contribution in [2.75, 3.05) is 19.7 Å². The SMILES string of the molecule is CC1CC(C)CN(C(=O)c2nn3c(c2Br)OCCC3)C1. The van der Waals surface area contributed by atoms with E-state index < -0.39 is 0 Å². The van der Waals surface area contributed by atoms with Crippen LogP contribution in [-0.4, -0.2) is 40.3 Å². The molecule has 1 aromatic rings. The van der Waals surface area contributed by atoms with Crippen molar-refractivity contribution >= 4 is 21.8 Å². The van der Waals surface area contributed by atoms with E-state index in [1.165, 1.54) is 6.42 Å². The molecular formula is C14H20BrN3O2. The molecule has 2 aliphatic rings. The monoisotopic (exact) mass is 341 g/mol. The third-order valence-electron chi connectivity index (χ3n) is 3.96. The molecule has 1 amide bonds. The number of amides is 1. The molecule has 1 saturated heterocycles. The van der Waals surface area contributed by atoms with Crippen molar-refractivity contribution in [3.63, 3.8) is 0 Å². The van der Waals surface area contributed by atoms with E-state index in [2.05, 4.69) is 34.9 Å². The maximum absolute atomic E-state index is 12.7. The van der Waals surface area contributed by atoms with Gasteiger partial charge in [-0.2, -0.15) is 5.10 Å². The molecule has 0 saturated carbocycles. The summed E-state index contributed by atoms with van der Waals surface area (Å²) in [5.41, 5.74) is 0.489. The molecule has 0 N–H and O–H groups in total. The lowest BCUT2D eigenvalue weighted by Gasteiger charge is -2.34. The van der Waals surface area contributed by atoms with Crippen LogP contribution in [0.4, 0.5) is 0 Å². The average molecular weight is 342 g/mol. The van der Waals surface area contributed by atoms with Crippen LogP contribution in [0.15, 0.2) is 4.47 Å². The van der Waals surface area contributed by atoms with Crippen LogP contribution in [0.25, 0.3) is 0 Å². The first-order chi connectivity index (χ1) is 9.56. The first kappa shape index (κ1) is 13.9. The largest absolute Gasteiger partial charge is 0.477 e. The molecule has 0 radical (unpaired) electrons.